The van der Waals surface area contributed by atoms with Crippen LogP contribution in [0, 0.1) is 46.3 Å². The van der Waals surface area contributed by atoms with Crippen LogP contribution < -0.4 is 0 Å². The molecule has 0 fully saturated rings. The number of fused-ring (bicyclic) bond motifs is 2. The van der Waals surface area contributed by atoms with Crippen molar-refractivity contribution in [3.05, 3.63) is 130 Å². The van der Waals surface area contributed by atoms with Gasteiger partial charge in [0.05, 0.1) is 23.3 Å². The van der Waals surface area contributed by atoms with Crippen LogP contribution in [-0.2, 0) is 0 Å². The zero-order valence-corrected chi connectivity index (χ0v) is 18.1. The van der Waals surface area contributed by atoms with E-state index in [4.69, 9.17) is 10.5 Å². The van der Waals surface area contributed by atoms with Crippen LogP contribution >= 0.6 is 0 Å². The third-order valence-corrected chi connectivity index (χ3v) is 5.62. The lowest BCUT2D eigenvalue weighted by Crippen LogP contribution is -1.90. The summed E-state index contributed by atoms with van der Waals surface area (Å²) < 4.78 is 0. The van der Waals surface area contributed by atoms with Crippen LogP contribution in [-0.4, -0.2) is 0 Å². The highest BCUT2D eigenvalue weighted by Crippen LogP contribution is 2.32. The molecule has 5 aromatic rings. The van der Waals surface area contributed by atoms with Gasteiger partial charge in [0.15, 0.2) is 0 Å². The highest BCUT2D eigenvalue weighted by atomic mass is 14.2. The van der Waals surface area contributed by atoms with E-state index < -0.39 is 0 Å². The van der Waals surface area contributed by atoms with Gasteiger partial charge >= 0.3 is 0 Å². The number of hydrogen-bond donors (Lipinski definition) is 0. The van der Waals surface area contributed by atoms with Gasteiger partial charge in [-0.05, 0) is 70.1 Å². The Labute approximate surface area is 198 Å². The van der Waals surface area contributed by atoms with E-state index in [0.717, 1.165) is 43.8 Å². The molecule has 0 aliphatic heterocycles. The van der Waals surface area contributed by atoms with Crippen LogP contribution in [0.2, 0.25) is 0 Å². The second kappa shape index (κ2) is 9.07. The molecule has 5 rings (SSSR count). The SMILES string of the molecule is N#Cc1ccc(C#Cc2c3ccccc3c(C#Cc3ccc(C#N)cc3)c3ccccc23)cc1. The lowest BCUT2D eigenvalue weighted by molar-refractivity contribution is 1.48. The summed E-state index contributed by atoms with van der Waals surface area (Å²) in [5.41, 5.74) is 4.87. The molecule has 0 heterocycles. The topological polar surface area (TPSA) is 47.6 Å². The third-order valence-electron chi connectivity index (χ3n) is 5.62. The second-order valence-electron chi connectivity index (χ2n) is 7.72. The minimum Gasteiger partial charge on any atom is -0.192 e. The monoisotopic (exact) mass is 428 g/mol. The Kier molecular flexibility index (Phi) is 5.50. The molecule has 34 heavy (non-hydrogen) atoms. The van der Waals surface area contributed by atoms with Crippen molar-refractivity contribution in [1.29, 1.82) is 10.5 Å². The summed E-state index contributed by atoms with van der Waals surface area (Å²) in [6.45, 7) is 0. The first-order valence-electron chi connectivity index (χ1n) is 10.7. The largest absolute Gasteiger partial charge is 0.192 e. The average Bonchev–Trinajstić information content (AvgIpc) is 2.91. The minimum absolute atomic E-state index is 0.617. The molecule has 0 saturated carbocycles. The molecule has 2 nitrogen and oxygen atoms in total. The number of hydrogen-bond acceptors (Lipinski definition) is 2. The van der Waals surface area contributed by atoms with Crippen molar-refractivity contribution < 1.29 is 0 Å². The second-order valence-corrected chi connectivity index (χ2v) is 7.72. The van der Waals surface area contributed by atoms with E-state index in [-0.39, 0.29) is 0 Å². The van der Waals surface area contributed by atoms with Gasteiger partial charge in [-0.15, -0.1) is 0 Å². The van der Waals surface area contributed by atoms with Crippen LogP contribution in [0.3, 0.4) is 0 Å². The number of nitrogens with zero attached hydrogens (tertiary/aromatic N) is 2. The number of nitriles is 2. The van der Waals surface area contributed by atoms with E-state index in [9.17, 15) is 0 Å². The highest BCUT2D eigenvalue weighted by molar-refractivity contribution is 6.09. The van der Waals surface area contributed by atoms with Crippen molar-refractivity contribution in [3.63, 3.8) is 0 Å². The zero-order valence-electron chi connectivity index (χ0n) is 18.1. The summed E-state index contributed by atoms with van der Waals surface area (Å²) in [4.78, 5) is 0. The van der Waals surface area contributed by atoms with Crippen molar-refractivity contribution in [1.82, 2.24) is 0 Å². The summed E-state index contributed by atoms with van der Waals surface area (Å²) in [7, 11) is 0. The fraction of sp³-hybridized carbons (Fsp3) is 0. The molecular formula is C32H16N2. The van der Waals surface area contributed by atoms with E-state index in [1.807, 2.05) is 48.5 Å². The summed E-state index contributed by atoms with van der Waals surface area (Å²) in [6.07, 6.45) is 0. The Bertz CT molecular complexity index is 1560. The van der Waals surface area contributed by atoms with Crippen LogP contribution in [0.25, 0.3) is 21.5 Å². The Morgan fingerprint density at radius 2 is 0.647 bits per heavy atom. The van der Waals surface area contributed by atoms with Crippen LogP contribution in [0.15, 0.2) is 97.1 Å². The van der Waals surface area contributed by atoms with Crippen molar-refractivity contribution >= 4 is 21.5 Å². The molecule has 0 amide bonds. The van der Waals surface area contributed by atoms with E-state index in [1.54, 1.807) is 24.3 Å². The first kappa shape index (κ1) is 20.6. The molecule has 0 spiro atoms. The molecule has 154 valence electrons. The maximum Gasteiger partial charge on any atom is 0.0991 e. The Balaban J connectivity index is 1.71. The molecular weight excluding hydrogens is 412 g/mol. The molecule has 0 aliphatic rings. The fourth-order valence-electron chi connectivity index (χ4n) is 3.92. The van der Waals surface area contributed by atoms with Crippen LogP contribution in [0.5, 0.6) is 0 Å². The first-order chi connectivity index (χ1) is 16.8. The minimum atomic E-state index is 0.617. The Morgan fingerprint density at radius 1 is 0.353 bits per heavy atom. The smallest absolute Gasteiger partial charge is 0.0991 e. The van der Waals surface area contributed by atoms with E-state index in [0.29, 0.717) is 11.1 Å². The van der Waals surface area contributed by atoms with Gasteiger partial charge in [0.2, 0.25) is 0 Å². The molecule has 0 unspecified atom stereocenters. The molecule has 0 atom stereocenters. The van der Waals surface area contributed by atoms with E-state index in [2.05, 4.69) is 60.1 Å². The van der Waals surface area contributed by atoms with Crippen LogP contribution in [0.1, 0.15) is 33.4 Å². The summed E-state index contributed by atoms with van der Waals surface area (Å²) in [5.74, 6) is 13.3. The molecule has 0 aromatic heterocycles. The predicted molar refractivity (Wildman–Crippen MR) is 136 cm³/mol. The summed E-state index contributed by atoms with van der Waals surface area (Å²) in [6, 6.07) is 35.3. The number of benzene rings is 5. The predicted octanol–water partition coefficient (Wildman–Crippen LogP) is 6.54. The van der Waals surface area contributed by atoms with Gasteiger partial charge in [0.25, 0.3) is 0 Å². The molecule has 0 N–H and O–H groups in total. The summed E-state index contributed by atoms with van der Waals surface area (Å²) >= 11 is 0. The standard InChI is InChI=1S/C32H16N2/c33-21-25-13-9-23(10-14-25)17-19-31-27-5-1-2-6-28(27)32(30-8-4-3-7-29(30)31)20-18-24-11-15-26(22-34)16-12-24/h1-16H. The third kappa shape index (κ3) is 3.97. The lowest BCUT2D eigenvalue weighted by atomic mass is 9.92. The maximum absolute atomic E-state index is 9.03. The Morgan fingerprint density at radius 3 is 0.941 bits per heavy atom. The van der Waals surface area contributed by atoms with Crippen molar-refractivity contribution in [2.45, 2.75) is 0 Å². The van der Waals surface area contributed by atoms with Gasteiger partial charge < -0.3 is 0 Å². The molecule has 0 saturated heterocycles. The summed E-state index contributed by atoms with van der Waals surface area (Å²) in [5, 5.41) is 22.2. The van der Waals surface area contributed by atoms with Crippen molar-refractivity contribution in [2.24, 2.45) is 0 Å². The highest BCUT2D eigenvalue weighted by Gasteiger charge is 2.11. The molecule has 0 aliphatic carbocycles. The molecule has 0 radical (unpaired) electrons. The van der Waals surface area contributed by atoms with Crippen LogP contribution in [0.4, 0.5) is 0 Å². The number of rotatable bonds is 0. The first-order valence-corrected chi connectivity index (χ1v) is 10.7. The van der Waals surface area contributed by atoms with Gasteiger partial charge in [0.1, 0.15) is 0 Å². The molecule has 5 aromatic carbocycles. The van der Waals surface area contributed by atoms with Gasteiger partial charge in [-0.25, -0.2) is 0 Å². The van der Waals surface area contributed by atoms with Crippen molar-refractivity contribution in [3.8, 4) is 35.8 Å². The average molecular weight is 428 g/mol. The van der Waals surface area contributed by atoms with Gasteiger partial charge in [-0.3, -0.25) is 0 Å². The Hall–Kier alpha value is -5.28. The van der Waals surface area contributed by atoms with Crippen molar-refractivity contribution in [2.75, 3.05) is 0 Å². The fourth-order valence-corrected chi connectivity index (χ4v) is 3.92. The zero-order chi connectivity index (χ0) is 23.3. The van der Waals surface area contributed by atoms with E-state index >= 15 is 0 Å². The van der Waals surface area contributed by atoms with E-state index in [1.165, 1.54) is 0 Å². The van der Waals surface area contributed by atoms with Gasteiger partial charge in [0, 0.05) is 22.3 Å². The normalized spacial score (nSPS) is 9.82. The lowest BCUT2D eigenvalue weighted by Gasteiger charge is -2.10. The quantitative estimate of drug-likeness (QED) is 0.208. The van der Waals surface area contributed by atoms with Gasteiger partial charge in [-0.2, -0.15) is 10.5 Å². The molecule has 2 heteroatoms. The molecule has 0 bridgehead atoms. The maximum atomic E-state index is 9.03. The van der Waals surface area contributed by atoms with Gasteiger partial charge in [-0.1, -0.05) is 72.2 Å².